The Labute approximate surface area is 52.1 Å². The molecular formula is C3H6MnO3. The van der Waals surface area contributed by atoms with Gasteiger partial charge in [-0.25, -0.2) is 4.79 Å². The third kappa shape index (κ3) is 10.7. The minimum atomic E-state index is -0.933. The van der Waals surface area contributed by atoms with Gasteiger partial charge in [0.2, 0.25) is 0 Å². The zero-order chi connectivity index (χ0) is 4.99. The van der Waals surface area contributed by atoms with Crippen LogP contribution in [-0.2, 0) is 26.6 Å². The molecule has 0 amide bonds. The monoisotopic (exact) mass is 145 g/mol. The fraction of sp³-hybridized carbons (Fsp3) is 0.667. The van der Waals surface area contributed by atoms with Crippen molar-refractivity contribution in [1.82, 2.24) is 0 Å². The summed E-state index contributed by atoms with van der Waals surface area (Å²) in [5.41, 5.74) is 0. The van der Waals surface area contributed by atoms with Crippen LogP contribution in [0.1, 0.15) is 0 Å². The Bertz CT molecular complexity index is 54.1. The Hall–Kier alpha value is -0.0505. The van der Waals surface area contributed by atoms with E-state index in [9.17, 15) is 4.79 Å². The summed E-state index contributed by atoms with van der Waals surface area (Å²) in [5.74, 6) is -0.933. The number of ether oxygens (including phenoxy) is 1. The molecule has 0 spiro atoms. The van der Waals surface area contributed by atoms with Gasteiger partial charge in [-0.2, -0.15) is 0 Å². The first-order chi connectivity index (χ1) is 2.77. The number of hydrogen-bond donors (Lipinski definition) is 1. The molecule has 0 aliphatic heterocycles. The van der Waals surface area contributed by atoms with Gasteiger partial charge in [0.15, 0.2) is 0 Å². The molecule has 0 rings (SSSR count). The van der Waals surface area contributed by atoms with Crippen LogP contribution in [0.15, 0.2) is 0 Å². The predicted molar refractivity (Wildman–Crippen MR) is 19.5 cm³/mol. The van der Waals surface area contributed by atoms with E-state index in [0.29, 0.717) is 0 Å². The van der Waals surface area contributed by atoms with Crippen LogP contribution in [0.5, 0.6) is 0 Å². The van der Waals surface area contributed by atoms with E-state index in [0.717, 1.165) is 0 Å². The molecule has 0 aliphatic carbocycles. The maximum absolute atomic E-state index is 9.47. The molecule has 7 heavy (non-hydrogen) atoms. The van der Waals surface area contributed by atoms with Crippen molar-refractivity contribution in [3.8, 4) is 0 Å². The normalized spacial score (nSPS) is 7.00. The summed E-state index contributed by atoms with van der Waals surface area (Å²) < 4.78 is 4.20. The molecule has 1 N–H and O–H groups in total. The first kappa shape index (κ1) is 10.0. The smallest absolute Gasteiger partial charge is 0.329 e. The number of carboxylic acid groups (broad SMARTS) is 1. The Morgan fingerprint density at radius 2 is 2.29 bits per heavy atom. The van der Waals surface area contributed by atoms with E-state index >= 15 is 0 Å². The van der Waals surface area contributed by atoms with Crippen molar-refractivity contribution in [3.63, 3.8) is 0 Å². The molecule has 0 aromatic rings. The van der Waals surface area contributed by atoms with Crippen LogP contribution in [0.3, 0.4) is 0 Å². The fourth-order valence-electron chi connectivity index (χ4n) is 0.123. The van der Waals surface area contributed by atoms with E-state index in [2.05, 4.69) is 4.74 Å². The van der Waals surface area contributed by atoms with E-state index in [-0.39, 0.29) is 23.7 Å². The molecule has 0 aromatic carbocycles. The van der Waals surface area contributed by atoms with Gasteiger partial charge >= 0.3 is 5.97 Å². The van der Waals surface area contributed by atoms with Crippen molar-refractivity contribution < 1.29 is 31.7 Å². The second kappa shape index (κ2) is 5.95. The molecule has 0 heterocycles. The van der Waals surface area contributed by atoms with E-state index < -0.39 is 5.97 Å². The van der Waals surface area contributed by atoms with Gasteiger partial charge in [-0.05, 0) is 0 Å². The van der Waals surface area contributed by atoms with Crippen molar-refractivity contribution in [2.45, 2.75) is 0 Å². The van der Waals surface area contributed by atoms with Gasteiger partial charge in [-0.1, -0.05) is 0 Å². The molecule has 0 fully saturated rings. The third-order valence-corrected chi connectivity index (χ3v) is 0.268. The molecular weight excluding hydrogens is 139 g/mol. The predicted octanol–water partition coefficient (Wildman–Crippen LogP) is -0.285. The number of carbonyl (C=O) groups is 1. The summed E-state index contributed by atoms with van der Waals surface area (Å²) >= 11 is 0. The van der Waals surface area contributed by atoms with Gasteiger partial charge in [0.05, 0.1) is 0 Å². The summed E-state index contributed by atoms with van der Waals surface area (Å²) in [6.45, 7) is -0.208. The molecule has 0 aromatic heterocycles. The Morgan fingerprint density at radius 1 is 1.86 bits per heavy atom. The van der Waals surface area contributed by atoms with Crippen molar-refractivity contribution >= 4 is 5.97 Å². The molecule has 0 saturated carbocycles. The molecule has 0 unspecified atom stereocenters. The van der Waals surface area contributed by atoms with Crippen LogP contribution in [-0.4, -0.2) is 24.8 Å². The minimum Gasteiger partial charge on any atom is -0.480 e. The first-order valence-electron chi connectivity index (χ1n) is 1.48. The number of aliphatic carboxylic acids is 1. The number of carboxylic acids is 1. The third-order valence-electron chi connectivity index (χ3n) is 0.268. The van der Waals surface area contributed by atoms with E-state index in [1.165, 1.54) is 7.11 Å². The molecule has 0 bridgehead atoms. The molecule has 0 saturated heterocycles. The zero-order valence-electron chi connectivity index (χ0n) is 3.85. The Kier molecular flexibility index (Phi) is 8.53. The van der Waals surface area contributed by atoms with E-state index in [1.54, 1.807) is 0 Å². The van der Waals surface area contributed by atoms with Crippen LogP contribution >= 0.6 is 0 Å². The fourth-order valence-corrected chi connectivity index (χ4v) is 0.123. The molecule has 43 valence electrons. The summed E-state index contributed by atoms with van der Waals surface area (Å²) in [6, 6.07) is 0. The van der Waals surface area contributed by atoms with Crippen molar-refractivity contribution in [1.29, 1.82) is 0 Å². The van der Waals surface area contributed by atoms with Crippen molar-refractivity contribution in [2.24, 2.45) is 0 Å². The van der Waals surface area contributed by atoms with Crippen LogP contribution in [0.25, 0.3) is 0 Å². The average molecular weight is 145 g/mol. The molecule has 0 atom stereocenters. The van der Waals surface area contributed by atoms with Gasteiger partial charge in [0, 0.05) is 24.2 Å². The van der Waals surface area contributed by atoms with Crippen molar-refractivity contribution in [2.75, 3.05) is 13.7 Å². The first-order valence-corrected chi connectivity index (χ1v) is 1.48. The van der Waals surface area contributed by atoms with Crippen LogP contribution in [0.4, 0.5) is 0 Å². The van der Waals surface area contributed by atoms with Gasteiger partial charge in [-0.3, -0.25) is 0 Å². The minimum absolute atomic E-state index is 0. The number of hydrogen-bond acceptors (Lipinski definition) is 2. The summed E-state index contributed by atoms with van der Waals surface area (Å²) in [4.78, 5) is 9.47. The summed E-state index contributed by atoms with van der Waals surface area (Å²) in [7, 11) is 1.34. The summed E-state index contributed by atoms with van der Waals surface area (Å²) in [6.07, 6.45) is 0. The molecule has 3 nitrogen and oxygen atoms in total. The second-order valence-corrected chi connectivity index (χ2v) is 0.827. The maximum Gasteiger partial charge on any atom is 0.329 e. The van der Waals surface area contributed by atoms with Crippen LogP contribution < -0.4 is 0 Å². The topological polar surface area (TPSA) is 46.5 Å². The zero-order valence-corrected chi connectivity index (χ0v) is 5.03. The maximum atomic E-state index is 9.47. The summed E-state index contributed by atoms with van der Waals surface area (Å²) in [5, 5.41) is 7.79. The Balaban J connectivity index is 0. The average Bonchev–Trinajstić information content (AvgIpc) is 1.35. The van der Waals surface area contributed by atoms with Gasteiger partial charge < -0.3 is 9.84 Å². The molecule has 4 heteroatoms. The number of methoxy groups -OCH3 is 1. The quantitative estimate of drug-likeness (QED) is 0.543. The van der Waals surface area contributed by atoms with Gasteiger partial charge in [-0.15, -0.1) is 0 Å². The van der Waals surface area contributed by atoms with Crippen LogP contribution in [0.2, 0.25) is 0 Å². The second-order valence-electron chi connectivity index (χ2n) is 0.827. The number of rotatable bonds is 2. The molecule has 1 radical (unpaired) electrons. The molecule has 0 aliphatic rings. The standard InChI is InChI=1S/C3H6O3.Mn/c1-6-2-3(4)5;/h2H2,1H3,(H,4,5);. The van der Waals surface area contributed by atoms with E-state index in [4.69, 9.17) is 5.11 Å². The SMILES string of the molecule is COCC(=O)O.[Mn]. The van der Waals surface area contributed by atoms with Crippen molar-refractivity contribution in [3.05, 3.63) is 0 Å². The van der Waals surface area contributed by atoms with Crippen LogP contribution in [0, 0.1) is 0 Å². The Morgan fingerprint density at radius 3 is 2.29 bits per heavy atom. The van der Waals surface area contributed by atoms with Gasteiger partial charge in [0.1, 0.15) is 6.61 Å². The van der Waals surface area contributed by atoms with E-state index in [1.807, 2.05) is 0 Å². The largest absolute Gasteiger partial charge is 0.480 e. The van der Waals surface area contributed by atoms with Gasteiger partial charge in [0.25, 0.3) is 0 Å².